The summed E-state index contributed by atoms with van der Waals surface area (Å²) in [7, 11) is -3.16. The van der Waals surface area contributed by atoms with Crippen LogP contribution in [0.25, 0.3) is 0 Å². The molecular weight excluding hydrogens is 422 g/mol. The molecule has 2 aromatic rings. The van der Waals surface area contributed by atoms with Gasteiger partial charge in [-0.1, -0.05) is 42.1 Å². The molecule has 162 valence electrons. The quantitative estimate of drug-likeness (QED) is 0.618. The van der Waals surface area contributed by atoms with Crippen LogP contribution in [0, 0.1) is 0 Å². The Hall–Kier alpha value is -1.91. The van der Waals surface area contributed by atoms with E-state index >= 15 is 0 Å². The molecule has 0 radical (unpaired) electrons. The minimum Gasteiger partial charge on any atom is -0.353 e. The summed E-state index contributed by atoms with van der Waals surface area (Å²) < 4.78 is 26.8. The minimum atomic E-state index is -3.16. The molecule has 2 aliphatic rings. The number of sulfonamides is 1. The Morgan fingerprint density at radius 2 is 1.83 bits per heavy atom. The summed E-state index contributed by atoms with van der Waals surface area (Å²) in [5.74, 6) is 1.70. The molecule has 2 heterocycles. The Morgan fingerprint density at radius 1 is 1.13 bits per heavy atom. The lowest BCUT2D eigenvalue weighted by Gasteiger charge is -2.30. The summed E-state index contributed by atoms with van der Waals surface area (Å²) in [6, 6.07) is 10.2. The molecular formula is C20H27N5O3S2. The number of benzene rings is 1. The van der Waals surface area contributed by atoms with E-state index in [1.165, 1.54) is 27.9 Å². The van der Waals surface area contributed by atoms with Crippen molar-refractivity contribution >= 4 is 27.7 Å². The number of hydrogen-bond donors (Lipinski definition) is 1. The zero-order valence-electron chi connectivity index (χ0n) is 17.0. The van der Waals surface area contributed by atoms with Crippen LogP contribution in [0.4, 0.5) is 0 Å². The number of nitrogens with zero attached hydrogens (tertiary/aromatic N) is 4. The normalized spacial score (nSPS) is 18.4. The molecule has 1 aromatic carbocycles. The number of aromatic nitrogens is 3. The average Bonchev–Trinajstić information content (AvgIpc) is 3.49. The number of rotatable bonds is 8. The highest BCUT2D eigenvalue weighted by Gasteiger charge is 2.31. The van der Waals surface area contributed by atoms with Gasteiger partial charge in [-0.3, -0.25) is 4.79 Å². The van der Waals surface area contributed by atoms with E-state index in [1.54, 1.807) is 0 Å². The van der Waals surface area contributed by atoms with Crippen LogP contribution < -0.4 is 5.32 Å². The van der Waals surface area contributed by atoms with Crippen molar-refractivity contribution < 1.29 is 13.2 Å². The van der Waals surface area contributed by atoms with Crippen molar-refractivity contribution in [2.24, 2.45) is 0 Å². The molecule has 1 aliphatic carbocycles. The van der Waals surface area contributed by atoms with Gasteiger partial charge in [-0.2, -0.15) is 0 Å². The maximum Gasteiger partial charge on any atom is 0.230 e. The van der Waals surface area contributed by atoms with Crippen LogP contribution in [0.1, 0.15) is 43.0 Å². The number of hydrogen-bond acceptors (Lipinski definition) is 6. The summed E-state index contributed by atoms with van der Waals surface area (Å²) in [6.07, 6.45) is 4.79. The standard InChI is InChI=1S/C20H27N5O3S2/c1-30(27,28)24-11-9-17(10-12-24)21-18(26)14-29-20-23-22-19(16-7-8-16)25(20)13-15-5-3-2-4-6-15/h2-6,16-17H,7-14H2,1H3,(H,21,26). The van der Waals surface area contributed by atoms with Crippen LogP contribution >= 0.6 is 11.8 Å². The highest BCUT2D eigenvalue weighted by molar-refractivity contribution is 7.99. The van der Waals surface area contributed by atoms with Crippen LogP contribution in [-0.4, -0.2) is 64.5 Å². The Balaban J connectivity index is 1.33. The van der Waals surface area contributed by atoms with Crippen LogP contribution in [0.15, 0.2) is 35.5 Å². The monoisotopic (exact) mass is 449 g/mol. The van der Waals surface area contributed by atoms with Gasteiger partial charge in [-0.25, -0.2) is 12.7 Å². The SMILES string of the molecule is CS(=O)(=O)N1CCC(NC(=O)CSc2nnc(C3CC3)n2Cc2ccccc2)CC1. The Morgan fingerprint density at radius 3 is 2.47 bits per heavy atom. The van der Waals surface area contributed by atoms with Crippen molar-refractivity contribution in [2.45, 2.75) is 49.3 Å². The molecule has 1 aliphatic heterocycles. The van der Waals surface area contributed by atoms with Crippen molar-refractivity contribution in [2.75, 3.05) is 25.1 Å². The second kappa shape index (κ2) is 9.07. The number of thioether (sulfide) groups is 1. The van der Waals surface area contributed by atoms with Gasteiger partial charge in [0, 0.05) is 25.0 Å². The van der Waals surface area contributed by atoms with E-state index in [0.717, 1.165) is 23.8 Å². The van der Waals surface area contributed by atoms with E-state index < -0.39 is 10.0 Å². The van der Waals surface area contributed by atoms with E-state index in [-0.39, 0.29) is 17.7 Å². The molecule has 0 unspecified atom stereocenters. The molecule has 1 aromatic heterocycles. The first-order valence-electron chi connectivity index (χ1n) is 10.2. The summed E-state index contributed by atoms with van der Waals surface area (Å²) in [5.41, 5.74) is 1.18. The van der Waals surface area contributed by atoms with E-state index in [0.29, 0.717) is 38.4 Å². The maximum atomic E-state index is 12.5. The molecule has 1 amide bonds. The van der Waals surface area contributed by atoms with E-state index in [2.05, 4.69) is 32.2 Å². The predicted molar refractivity (Wildman–Crippen MR) is 116 cm³/mol. The van der Waals surface area contributed by atoms with Gasteiger partial charge in [0.25, 0.3) is 0 Å². The van der Waals surface area contributed by atoms with Gasteiger partial charge in [-0.15, -0.1) is 10.2 Å². The van der Waals surface area contributed by atoms with Crippen LogP contribution in [0.3, 0.4) is 0 Å². The van der Waals surface area contributed by atoms with Gasteiger partial charge in [0.15, 0.2) is 5.16 Å². The molecule has 2 fully saturated rings. The van der Waals surface area contributed by atoms with Gasteiger partial charge in [-0.05, 0) is 31.2 Å². The Kier molecular flexibility index (Phi) is 6.45. The number of carbonyl (C=O) groups is 1. The lowest BCUT2D eigenvalue weighted by Crippen LogP contribution is -2.46. The van der Waals surface area contributed by atoms with Crippen molar-refractivity contribution in [1.82, 2.24) is 24.4 Å². The molecule has 30 heavy (non-hydrogen) atoms. The number of amides is 1. The largest absolute Gasteiger partial charge is 0.353 e. The number of nitrogens with one attached hydrogen (secondary N) is 1. The van der Waals surface area contributed by atoms with Crippen molar-refractivity contribution in [3.8, 4) is 0 Å². The Labute approximate surface area is 181 Å². The molecule has 1 N–H and O–H groups in total. The summed E-state index contributed by atoms with van der Waals surface area (Å²) in [5, 5.41) is 12.5. The first-order chi connectivity index (χ1) is 14.4. The van der Waals surface area contributed by atoms with E-state index in [9.17, 15) is 13.2 Å². The maximum absolute atomic E-state index is 12.5. The van der Waals surface area contributed by atoms with Gasteiger partial charge < -0.3 is 9.88 Å². The second-order valence-corrected chi connectivity index (χ2v) is 10.9. The zero-order chi connectivity index (χ0) is 21.1. The molecule has 1 saturated carbocycles. The average molecular weight is 450 g/mol. The topological polar surface area (TPSA) is 97.2 Å². The van der Waals surface area contributed by atoms with Crippen LogP contribution in [-0.2, 0) is 21.4 Å². The fourth-order valence-electron chi connectivity index (χ4n) is 3.70. The summed E-state index contributed by atoms with van der Waals surface area (Å²) in [4.78, 5) is 12.5. The fourth-order valence-corrected chi connectivity index (χ4v) is 5.33. The van der Waals surface area contributed by atoms with Gasteiger partial charge in [0.05, 0.1) is 18.6 Å². The summed E-state index contributed by atoms with van der Waals surface area (Å²) >= 11 is 1.40. The predicted octanol–water partition coefficient (Wildman–Crippen LogP) is 1.84. The molecule has 0 atom stereocenters. The zero-order valence-corrected chi connectivity index (χ0v) is 18.7. The summed E-state index contributed by atoms with van der Waals surface area (Å²) in [6.45, 7) is 1.60. The van der Waals surface area contributed by atoms with Crippen molar-refractivity contribution in [3.05, 3.63) is 41.7 Å². The number of carbonyl (C=O) groups excluding carboxylic acids is 1. The first kappa shape index (κ1) is 21.3. The van der Waals surface area contributed by atoms with Gasteiger partial charge in [0.2, 0.25) is 15.9 Å². The third-order valence-corrected chi connectivity index (χ3v) is 7.76. The third kappa shape index (κ3) is 5.41. The molecule has 4 rings (SSSR count). The van der Waals surface area contributed by atoms with Crippen molar-refractivity contribution in [1.29, 1.82) is 0 Å². The highest BCUT2D eigenvalue weighted by Crippen LogP contribution is 2.40. The van der Waals surface area contributed by atoms with E-state index in [1.807, 2.05) is 18.2 Å². The molecule has 0 bridgehead atoms. The molecule has 1 saturated heterocycles. The fraction of sp³-hybridized carbons (Fsp3) is 0.550. The van der Waals surface area contributed by atoms with E-state index in [4.69, 9.17) is 0 Å². The smallest absolute Gasteiger partial charge is 0.230 e. The lowest BCUT2D eigenvalue weighted by atomic mass is 10.1. The second-order valence-electron chi connectivity index (χ2n) is 7.98. The Bertz CT molecular complexity index is 981. The third-order valence-electron chi connectivity index (χ3n) is 5.49. The molecule has 0 spiro atoms. The van der Waals surface area contributed by atoms with Crippen LogP contribution in [0.2, 0.25) is 0 Å². The highest BCUT2D eigenvalue weighted by atomic mass is 32.2. The number of piperidine rings is 1. The van der Waals surface area contributed by atoms with Crippen molar-refractivity contribution in [3.63, 3.8) is 0 Å². The minimum absolute atomic E-state index is 0.0142. The molecule has 8 nitrogen and oxygen atoms in total. The van der Waals surface area contributed by atoms with Gasteiger partial charge >= 0.3 is 0 Å². The van der Waals surface area contributed by atoms with Crippen LogP contribution in [0.5, 0.6) is 0 Å². The van der Waals surface area contributed by atoms with Gasteiger partial charge in [0.1, 0.15) is 5.82 Å². The molecule has 10 heteroatoms. The first-order valence-corrected chi connectivity index (χ1v) is 13.1. The lowest BCUT2D eigenvalue weighted by molar-refractivity contribution is -0.119.